The smallest absolute Gasteiger partial charge is 0.394 e. The van der Waals surface area contributed by atoms with Crippen molar-refractivity contribution in [2.45, 2.75) is 120 Å². The number of hydrogen-bond acceptors (Lipinski definition) is 22. The predicted molar refractivity (Wildman–Crippen MR) is 263 cm³/mol. The molecule has 6 heterocycles. The van der Waals surface area contributed by atoms with Crippen molar-refractivity contribution in [1.29, 1.82) is 10.5 Å². The van der Waals surface area contributed by atoms with Crippen LogP contribution >= 0.6 is 0 Å². The molecule has 0 aliphatic carbocycles. The van der Waals surface area contributed by atoms with E-state index in [0.29, 0.717) is 23.6 Å². The Labute approximate surface area is 439 Å². The van der Waals surface area contributed by atoms with Crippen LogP contribution < -0.4 is 33.1 Å². The largest absolute Gasteiger partial charge is 0.423 e. The van der Waals surface area contributed by atoms with E-state index in [1.54, 1.807) is 11.0 Å². The minimum absolute atomic E-state index is 0.0537. The number of halogens is 3. The Kier molecular flexibility index (Phi) is 18.6. The number of nitro benzene ring substituents is 1. The van der Waals surface area contributed by atoms with E-state index in [1.807, 2.05) is 45.9 Å². The quantitative estimate of drug-likeness (QED) is 0.0514. The first-order valence-electron chi connectivity index (χ1n) is 23.1. The summed E-state index contributed by atoms with van der Waals surface area (Å²) < 4.78 is 52.8. The highest BCUT2D eigenvalue weighted by Crippen LogP contribution is 2.39. The average Bonchev–Trinajstić information content (AvgIpc) is 4.17. The van der Waals surface area contributed by atoms with E-state index < -0.39 is 124 Å². The van der Waals surface area contributed by atoms with Gasteiger partial charge < -0.3 is 56.9 Å². The summed E-state index contributed by atoms with van der Waals surface area (Å²) in [5.41, 5.74) is 6.53. The number of carbonyl (C=O) groups excluding carboxylic acids is 2. The lowest BCUT2D eigenvalue weighted by Crippen LogP contribution is -2.40. The molecule has 0 radical (unpaired) electrons. The highest BCUT2D eigenvalue weighted by atomic mass is 19.4. The molecule has 8 atom stereocenters. The molecule has 28 nitrogen and oxygen atoms in total. The fourth-order valence-corrected chi connectivity index (χ4v) is 7.63. The molecule has 418 valence electrons. The van der Waals surface area contributed by atoms with Crippen LogP contribution in [0.5, 0.6) is 0 Å². The van der Waals surface area contributed by atoms with E-state index in [0.717, 1.165) is 31.9 Å². The number of aliphatic hydroxyl groups excluding tert-OH is 6. The number of aromatic nitrogens is 7. The number of benzene rings is 2. The van der Waals surface area contributed by atoms with Gasteiger partial charge in [0, 0.05) is 18.5 Å². The molecule has 8 rings (SSSR count). The van der Waals surface area contributed by atoms with Gasteiger partial charge in [0.05, 0.1) is 53.3 Å². The summed E-state index contributed by atoms with van der Waals surface area (Å²) in [7, 11) is 0. The zero-order chi connectivity index (χ0) is 58.4. The number of nitrogens with two attached hydrogens (primary N) is 2. The van der Waals surface area contributed by atoms with Crippen molar-refractivity contribution in [2.24, 2.45) is 0 Å². The molecule has 3 fully saturated rings. The van der Waals surface area contributed by atoms with Crippen LogP contribution in [0.4, 0.5) is 41.0 Å². The molecule has 3 saturated heterocycles. The van der Waals surface area contributed by atoms with Gasteiger partial charge in [0.2, 0.25) is 0 Å². The van der Waals surface area contributed by atoms with E-state index in [1.165, 1.54) is 44.7 Å². The van der Waals surface area contributed by atoms with Gasteiger partial charge in [0.15, 0.2) is 12.5 Å². The van der Waals surface area contributed by atoms with Gasteiger partial charge in [-0.25, -0.2) is 28.9 Å². The second kappa shape index (κ2) is 24.0. The first-order valence-corrected chi connectivity index (χ1v) is 23.1. The van der Waals surface area contributed by atoms with E-state index in [-0.39, 0.29) is 17.3 Å². The number of hydrogen-bond donors (Lipinski definition) is 9. The van der Waals surface area contributed by atoms with E-state index in [2.05, 4.69) is 37.5 Å². The molecule has 78 heavy (non-hydrogen) atoms. The maximum Gasteiger partial charge on any atom is 0.423 e. The topological polar surface area (TPSA) is 432 Å². The number of aliphatic hydroxyl groups is 6. The molecule has 0 saturated carbocycles. The van der Waals surface area contributed by atoms with Gasteiger partial charge in [-0.2, -0.15) is 38.8 Å². The van der Waals surface area contributed by atoms with Crippen molar-refractivity contribution in [3.63, 3.8) is 0 Å². The first kappa shape index (κ1) is 60.6. The number of amides is 3. The number of carbonyl (C=O) groups is 2. The van der Waals surface area contributed by atoms with Crippen LogP contribution in [0.2, 0.25) is 0 Å². The second-order valence-corrected chi connectivity index (χ2v) is 19.2. The van der Waals surface area contributed by atoms with Crippen LogP contribution in [0.3, 0.4) is 0 Å². The number of ether oxygens (including phenoxy) is 2. The molecule has 3 aliphatic heterocycles. The van der Waals surface area contributed by atoms with Crippen molar-refractivity contribution >= 4 is 34.9 Å². The van der Waals surface area contributed by atoms with Crippen LogP contribution in [0.25, 0.3) is 0 Å². The maximum absolute atomic E-state index is 12.9. The standard InChI is InChI=1S/C17H19N5.C12H10F3N3O4.2C9H13N3O5/c1-16(2,9-18)14-5-13(8-22-12-20-11-21-22)6-15(7-14)17(3,4)10-19;1-11(2)9(19)17(10(20)16-11)6-3-4-8(18(21)22)7(5-6)12(13,14)15;2*10-5-1-2-12(9(16)11-5)8-7(15)6(14)4(3-13)17-8/h5-7,11-12H,8H2,1-4H3;3-5H,1-2H3,(H,16,20);2*1-2,4,6-8,13-15H,3H2,(H2,10,11,16)/t;;2*4-,6-,7+,8-/m..11/s1. The van der Waals surface area contributed by atoms with Crippen molar-refractivity contribution in [1.82, 2.24) is 39.2 Å². The number of rotatable bonds is 10. The van der Waals surface area contributed by atoms with Gasteiger partial charge >= 0.3 is 23.6 Å². The molecule has 0 unspecified atom stereocenters. The fraction of sp³-hybridized carbons (Fsp3) is 0.447. The van der Waals surface area contributed by atoms with Crippen molar-refractivity contribution in [3.05, 3.63) is 127 Å². The number of nitrogens with zero attached hydrogens (tertiary/aromatic N) is 11. The highest BCUT2D eigenvalue weighted by molar-refractivity contribution is 6.23. The minimum Gasteiger partial charge on any atom is -0.394 e. The lowest BCUT2D eigenvalue weighted by Gasteiger charge is -2.23. The van der Waals surface area contributed by atoms with E-state index >= 15 is 0 Å². The van der Waals surface area contributed by atoms with Crippen LogP contribution in [-0.4, -0.2) is 137 Å². The summed E-state index contributed by atoms with van der Waals surface area (Å²) >= 11 is 0. The van der Waals surface area contributed by atoms with Gasteiger partial charge in [-0.15, -0.1) is 0 Å². The van der Waals surface area contributed by atoms with Gasteiger partial charge in [0.25, 0.3) is 11.6 Å². The van der Waals surface area contributed by atoms with Gasteiger partial charge in [-0.3, -0.25) is 24.0 Å². The Hall–Kier alpha value is -8.27. The molecule has 0 spiro atoms. The number of nitrogens with one attached hydrogen (secondary N) is 1. The normalized spacial score (nSPS) is 22.6. The van der Waals surface area contributed by atoms with Crippen LogP contribution in [-0.2, 0) is 37.8 Å². The molecule has 11 N–H and O–H groups in total. The molecule has 3 amide bonds. The summed E-state index contributed by atoms with van der Waals surface area (Å²) in [5.74, 6) is -0.643. The minimum atomic E-state index is -4.99. The Morgan fingerprint density at radius 1 is 0.782 bits per heavy atom. The van der Waals surface area contributed by atoms with Gasteiger partial charge in [-0.1, -0.05) is 18.2 Å². The molecule has 0 bridgehead atoms. The number of imide groups is 1. The van der Waals surface area contributed by atoms with Gasteiger partial charge in [-0.05, 0) is 82.5 Å². The average molecular weight is 1100 g/mol. The summed E-state index contributed by atoms with van der Waals surface area (Å²) in [6, 6.07) is 14.4. The Morgan fingerprint density at radius 3 is 1.60 bits per heavy atom. The third-order valence-corrected chi connectivity index (χ3v) is 12.2. The number of nitrogen functional groups attached to an aromatic ring is 2. The first-order chi connectivity index (χ1) is 36.3. The number of nitriles is 2. The number of urea groups is 1. The summed E-state index contributed by atoms with van der Waals surface area (Å²) in [6.45, 7) is 9.96. The molecular formula is C47H55F3N14O14. The zero-order valence-electron chi connectivity index (χ0n) is 42.3. The lowest BCUT2D eigenvalue weighted by atomic mass is 9.79. The molecular weight excluding hydrogens is 1040 g/mol. The zero-order valence-corrected chi connectivity index (χ0v) is 42.3. The van der Waals surface area contributed by atoms with Crippen LogP contribution in [0.15, 0.2) is 83.2 Å². The van der Waals surface area contributed by atoms with Gasteiger partial charge in [0.1, 0.15) is 72.0 Å². The maximum atomic E-state index is 12.9. The Bertz CT molecular complexity index is 3070. The molecule has 3 aromatic heterocycles. The van der Waals surface area contributed by atoms with Crippen molar-refractivity contribution in [2.75, 3.05) is 29.6 Å². The second-order valence-electron chi connectivity index (χ2n) is 19.2. The Balaban J connectivity index is 0.000000193. The Morgan fingerprint density at radius 2 is 1.26 bits per heavy atom. The SMILES string of the molecule is CC(C)(C#N)c1cc(Cn2cncn2)cc(C(C)(C)C#N)c1.CC1(C)NC(=O)N(c2ccc([N+](=O)[O-])c(C(F)(F)F)c2)C1=O.Nc1ccn([C@@H]2O[C@H](CO)[C@@H](O)[C@@H]2O)c(=O)n1.Nc1ccn([C@@H]2O[C@H](CO)[C@@H](O)[C@@H]2O)c(=O)n1. The third-order valence-electron chi connectivity index (χ3n) is 12.2. The van der Waals surface area contributed by atoms with Crippen molar-refractivity contribution < 1.29 is 67.8 Å². The molecule has 31 heteroatoms. The number of anilines is 3. The number of nitro groups is 1. The van der Waals surface area contributed by atoms with Crippen LogP contribution in [0, 0.1) is 32.8 Å². The summed E-state index contributed by atoms with van der Waals surface area (Å²) in [6.07, 6.45) is -8.39. The van der Waals surface area contributed by atoms with E-state index in [9.17, 15) is 73.4 Å². The number of alkyl halides is 3. The lowest BCUT2D eigenvalue weighted by molar-refractivity contribution is -0.388. The van der Waals surface area contributed by atoms with Crippen LogP contribution in [0.1, 0.15) is 76.3 Å². The summed E-state index contributed by atoms with van der Waals surface area (Å²) in [5, 5.41) is 92.2. The fourth-order valence-electron chi connectivity index (χ4n) is 7.63. The van der Waals surface area contributed by atoms with Crippen molar-refractivity contribution in [3.8, 4) is 12.1 Å². The molecule has 2 aromatic carbocycles. The highest BCUT2D eigenvalue weighted by Gasteiger charge is 2.48. The monoisotopic (exact) mass is 1100 g/mol. The third kappa shape index (κ3) is 13.6. The molecule has 3 aliphatic rings. The van der Waals surface area contributed by atoms with E-state index in [4.69, 9.17) is 31.2 Å². The predicted octanol–water partition coefficient (Wildman–Crippen LogP) is 0.251. The summed E-state index contributed by atoms with van der Waals surface area (Å²) in [4.78, 5) is 67.8. The molecule has 5 aromatic rings.